The van der Waals surface area contributed by atoms with E-state index in [4.69, 9.17) is 14.3 Å². The Morgan fingerprint density at radius 1 is 0.436 bits per heavy atom. The van der Waals surface area contributed by atoms with Crippen LogP contribution in [0.4, 0.5) is 0 Å². The van der Waals surface area contributed by atoms with Crippen molar-refractivity contribution >= 4 is 17.7 Å². The molecule has 0 aliphatic heterocycles. The van der Waals surface area contributed by atoms with Crippen LogP contribution in [0.3, 0.4) is 0 Å². The molecule has 0 saturated heterocycles. The molecule has 0 bridgehead atoms. The smallest absolute Gasteiger partial charge is 0.305 e. The van der Waals surface area contributed by atoms with Crippen molar-refractivity contribution in [3.05, 3.63) is 0 Å². The molecule has 0 amide bonds. The number of unbranched alkanes of at least 4 members (excludes halogenated alkanes) is 16. The van der Waals surface area contributed by atoms with Gasteiger partial charge in [-0.2, -0.15) is 0 Å². The highest BCUT2D eigenvalue weighted by Gasteiger charge is 2.12. The lowest BCUT2D eigenvalue weighted by Gasteiger charge is -2.16. The van der Waals surface area contributed by atoms with Gasteiger partial charge in [0.05, 0.1) is 18.9 Å². The van der Waals surface area contributed by atoms with Crippen LogP contribution in [0.1, 0.15) is 240 Å². The summed E-state index contributed by atoms with van der Waals surface area (Å²) < 4.78 is 11.3. The first-order valence-corrected chi connectivity index (χ1v) is 24.0. The lowest BCUT2D eigenvalue weighted by Crippen LogP contribution is -2.14. The summed E-state index contributed by atoms with van der Waals surface area (Å²) in [5.41, 5.74) is 1.18. The first-order chi connectivity index (χ1) is 26.9. The molecule has 326 valence electrons. The van der Waals surface area contributed by atoms with E-state index in [1.54, 1.807) is 0 Å². The number of hydrogen-bond donors (Lipinski definition) is 0. The molecule has 0 saturated carbocycles. The van der Waals surface area contributed by atoms with E-state index in [1.807, 2.05) is 0 Å². The molecule has 0 aliphatic carbocycles. The largest absolute Gasteiger partial charge is 0.466 e. The van der Waals surface area contributed by atoms with Gasteiger partial charge in [0.25, 0.3) is 0 Å². The van der Waals surface area contributed by atoms with Gasteiger partial charge in [-0.1, -0.05) is 174 Å². The predicted octanol–water partition coefficient (Wildman–Crippen LogP) is 14.2. The zero-order valence-electron chi connectivity index (χ0n) is 37.8. The Balaban J connectivity index is 4.28. The fraction of sp³-hybridized carbons (Fsp3) is 0.938. The third-order valence-electron chi connectivity index (χ3n) is 11.2. The third-order valence-corrected chi connectivity index (χ3v) is 11.2. The predicted molar refractivity (Wildman–Crippen MR) is 236 cm³/mol. The SMILES string of the molecule is CCCCCC(CCCCC)CCOC(=O)CCCCCCCC(CCCCCCCC(=O)OCCC(CCCCC)CCCCC)=NOCCCN(C)C. The van der Waals surface area contributed by atoms with Crippen molar-refractivity contribution < 1.29 is 23.9 Å². The number of carbonyl (C=O) groups is 2. The van der Waals surface area contributed by atoms with E-state index >= 15 is 0 Å². The van der Waals surface area contributed by atoms with Crippen LogP contribution in [-0.2, 0) is 23.9 Å². The molecule has 0 heterocycles. The standard InChI is InChI=1S/C48H94N2O5/c1-7-11-21-30-44(31-22-12-8-2)38-42-53-47(51)36-27-19-15-17-25-34-46(49-55-41-29-40-50(5)6)35-26-18-16-20-28-37-48(52)54-43-39-45(32-23-13-9-3)33-24-14-10-4/h44-45H,7-43H2,1-6H3. The van der Waals surface area contributed by atoms with Crippen molar-refractivity contribution in [2.75, 3.05) is 40.5 Å². The number of nitrogens with zero attached hydrogens (tertiary/aromatic N) is 2. The van der Waals surface area contributed by atoms with Gasteiger partial charge in [0.1, 0.15) is 6.61 Å². The second-order valence-electron chi connectivity index (χ2n) is 16.9. The maximum atomic E-state index is 12.4. The van der Waals surface area contributed by atoms with E-state index in [9.17, 15) is 9.59 Å². The van der Waals surface area contributed by atoms with E-state index < -0.39 is 0 Å². The zero-order chi connectivity index (χ0) is 40.5. The Morgan fingerprint density at radius 3 is 1.16 bits per heavy atom. The highest BCUT2D eigenvalue weighted by atomic mass is 16.6. The van der Waals surface area contributed by atoms with Gasteiger partial charge >= 0.3 is 11.9 Å². The first-order valence-electron chi connectivity index (χ1n) is 24.0. The molecule has 0 fully saturated rings. The van der Waals surface area contributed by atoms with Crippen LogP contribution in [-0.4, -0.2) is 63.0 Å². The average Bonchev–Trinajstić information content (AvgIpc) is 3.16. The van der Waals surface area contributed by atoms with E-state index in [-0.39, 0.29) is 11.9 Å². The molecule has 7 heteroatoms. The minimum Gasteiger partial charge on any atom is -0.466 e. The number of carbonyl (C=O) groups excluding carboxylic acids is 2. The molecule has 0 atom stereocenters. The molecule has 0 aromatic rings. The van der Waals surface area contributed by atoms with Gasteiger partial charge in [0.2, 0.25) is 0 Å². The van der Waals surface area contributed by atoms with Gasteiger partial charge in [-0.25, -0.2) is 0 Å². The van der Waals surface area contributed by atoms with E-state index in [1.165, 1.54) is 108 Å². The second kappa shape index (κ2) is 42.0. The molecule has 55 heavy (non-hydrogen) atoms. The van der Waals surface area contributed by atoms with Crippen molar-refractivity contribution in [3.8, 4) is 0 Å². The molecule has 0 rings (SSSR count). The van der Waals surface area contributed by atoms with Crippen molar-refractivity contribution in [3.63, 3.8) is 0 Å². The number of esters is 2. The topological polar surface area (TPSA) is 77.4 Å². The number of oxime groups is 1. The summed E-state index contributed by atoms with van der Waals surface area (Å²) in [6.07, 6.45) is 37.5. The van der Waals surface area contributed by atoms with Crippen molar-refractivity contribution in [1.82, 2.24) is 4.90 Å². The number of rotatable bonds is 43. The lowest BCUT2D eigenvalue weighted by atomic mass is 9.92. The molecule has 0 spiro atoms. The minimum absolute atomic E-state index is 0.0173. The molecular formula is C48H94N2O5. The maximum absolute atomic E-state index is 12.4. The first kappa shape index (κ1) is 53.4. The summed E-state index contributed by atoms with van der Waals surface area (Å²) in [5, 5.41) is 4.57. The molecule has 0 aromatic carbocycles. The Morgan fingerprint density at radius 2 is 0.800 bits per heavy atom. The van der Waals surface area contributed by atoms with Gasteiger partial charge in [0.15, 0.2) is 0 Å². The third kappa shape index (κ3) is 39.0. The average molecular weight is 779 g/mol. The monoisotopic (exact) mass is 779 g/mol. The summed E-state index contributed by atoms with van der Waals surface area (Å²) >= 11 is 0. The van der Waals surface area contributed by atoms with E-state index in [2.05, 4.69) is 51.8 Å². The number of hydrogen-bond acceptors (Lipinski definition) is 7. The Bertz CT molecular complexity index is 785. The van der Waals surface area contributed by atoms with E-state index in [0.29, 0.717) is 44.5 Å². The summed E-state index contributed by atoms with van der Waals surface area (Å²) in [5.74, 6) is 1.38. The lowest BCUT2D eigenvalue weighted by molar-refractivity contribution is -0.145. The minimum atomic E-state index is -0.0173. The summed E-state index contributed by atoms with van der Waals surface area (Å²) in [4.78, 5) is 32.7. The van der Waals surface area contributed by atoms with Crippen LogP contribution in [0.25, 0.3) is 0 Å². The van der Waals surface area contributed by atoms with Crippen molar-refractivity contribution in [1.29, 1.82) is 0 Å². The molecule has 0 radical (unpaired) electrons. The Kier molecular flexibility index (Phi) is 40.7. The molecule has 0 aromatic heterocycles. The molecule has 7 nitrogen and oxygen atoms in total. The van der Waals surface area contributed by atoms with Crippen LogP contribution < -0.4 is 0 Å². The van der Waals surface area contributed by atoms with Crippen molar-refractivity contribution in [2.24, 2.45) is 17.0 Å². The van der Waals surface area contributed by atoms with Gasteiger partial charge in [-0.15, -0.1) is 0 Å². The van der Waals surface area contributed by atoms with Crippen LogP contribution >= 0.6 is 0 Å². The van der Waals surface area contributed by atoms with Crippen LogP contribution in [0.5, 0.6) is 0 Å². The molecule has 0 N–H and O–H groups in total. The van der Waals surface area contributed by atoms with Crippen LogP contribution in [0.2, 0.25) is 0 Å². The Labute approximate surface area is 342 Å². The zero-order valence-corrected chi connectivity index (χ0v) is 37.8. The van der Waals surface area contributed by atoms with Gasteiger partial charge in [-0.3, -0.25) is 9.59 Å². The summed E-state index contributed by atoms with van der Waals surface area (Å²) in [6, 6.07) is 0. The molecule has 0 unspecified atom stereocenters. The number of ether oxygens (including phenoxy) is 2. The van der Waals surface area contributed by atoms with Crippen LogP contribution in [0, 0.1) is 11.8 Å². The van der Waals surface area contributed by atoms with Gasteiger partial charge in [-0.05, 0) is 83.7 Å². The summed E-state index contributed by atoms with van der Waals surface area (Å²) in [7, 11) is 4.17. The molecule has 0 aliphatic rings. The molecular weight excluding hydrogens is 685 g/mol. The van der Waals surface area contributed by atoms with E-state index in [0.717, 1.165) is 103 Å². The van der Waals surface area contributed by atoms with Crippen LogP contribution in [0.15, 0.2) is 5.16 Å². The fourth-order valence-electron chi connectivity index (χ4n) is 7.48. The summed E-state index contributed by atoms with van der Waals surface area (Å²) in [6.45, 7) is 11.9. The maximum Gasteiger partial charge on any atom is 0.305 e. The Hall–Kier alpha value is -1.63. The van der Waals surface area contributed by atoms with Gasteiger partial charge in [0, 0.05) is 19.4 Å². The van der Waals surface area contributed by atoms with Crippen molar-refractivity contribution in [2.45, 2.75) is 240 Å². The van der Waals surface area contributed by atoms with Gasteiger partial charge < -0.3 is 19.2 Å². The second-order valence-corrected chi connectivity index (χ2v) is 16.9. The highest BCUT2D eigenvalue weighted by Crippen LogP contribution is 2.23. The normalized spacial score (nSPS) is 11.5. The highest BCUT2D eigenvalue weighted by molar-refractivity contribution is 5.83. The quantitative estimate of drug-likeness (QED) is 0.0265. The fourth-order valence-corrected chi connectivity index (χ4v) is 7.48.